The van der Waals surface area contributed by atoms with E-state index in [1.165, 1.54) is 128 Å². The number of hydrogen-bond donors (Lipinski definition) is 0. The molecule has 0 amide bonds. The fourth-order valence-corrected chi connectivity index (χ4v) is 8.91. The quantitative estimate of drug-likeness (QED) is 0.0261. The third kappa shape index (κ3) is 62.7. The van der Waals surface area contributed by atoms with Gasteiger partial charge in [-0.3, -0.25) is 14.4 Å². The van der Waals surface area contributed by atoms with E-state index in [2.05, 4.69) is 142 Å². The molecule has 0 aromatic carbocycles. The molecule has 1 atom stereocenters. The van der Waals surface area contributed by atoms with Crippen LogP contribution in [0.5, 0.6) is 0 Å². The number of ether oxygens (including phenoxy) is 3. The molecule has 0 heterocycles. The molecule has 0 aliphatic heterocycles. The summed E-state index contributed by atoms with van der Waals surface area (Å²) >= 11 is 0. The molecule has 0 saturated carbocycles. The molecule has 0 bridgehead atoms. The van der Waals surface area contributed by atoms with Crippen molar-refractivity contribution in [1.82, 2.24) is 0 Å². The summed E-state index contributed by atoms with van der Waals surface area (Å²) in [5.41, 5.74) is 0. The Labute approximate surface area is 482 Å². The van der Waals surface area contributed by atoms with E-state index < -0.39 is 6.10 Å². The number of carbonyl (C=O) groups excluding carboxylic acids is 3. The Kier molecular flexibility index (Phi) is 61.8. The first-order valence-corrected chi connectivity index (χ1v) is 32.5. The molecule has 0 aromatic heterocycles. The lowest BCUT2D eigenvalue weighted by molar-refractivity contribution is -0.167. The minimum atomic E-state index is -0.783. The van der Waals surface area contributed by atoms with E-state index in [9.17, 15) is 14.4 Å². The fourth-order valence-electron chi connectivity index (χ4n) is 8.91. The second kappa shape index (κ2) is 65.3. The first-order valence-electron chi connectivity index (χ1n) is 32.5. The van der Waals surface area contributed by atoms with Crippen molar-refractivity contribution in [1.29, 1.82) is 0 Å². The number of rotatable bonds is 58. The van der Waals surface area contributed by atoms with E-state index in [4.69, 9.17) is 14.2 Å². The van der Waals surface area contributed by atoms with Gasteiger partial charge in [0, 0.05) is 19.3 Å². The van der Waals surface area contributed by atoms with Crippen molar-refractivity contribution in [3.63, 3.8) is 0 Å². The minimum Gasteiger partial charge on any atom is -0.462 e. The van der Waals surface area contributed by atoms with Crippen LogP contribution in [-0.4, -0.2) is 37.2 Å². The summed E-state index contributed by atoms with van der Waals surface area (Å²) in [5.74, 6) is -0.889. The highest BCUT2D eigenvalue weighted by Crippen LogP contribution is 2.16. The average molecular weight is 1080 g/mol. The van der Waals surface area contributed by atoms with E-state index in [0.717, 1.165) is 128 Å². The lowest BCUT2D eigenvalue weighted by atomic mass is 10.0. The Bertz CT molecular complexity index is 1620. The Morgan fingerprint density at radius 2 is 0.500 bits per heavy atom. The summed E-state index contributed by atoms with van der Waals surface area (Å²) in [7, 11) is 0. The number of carbonyl (C=O) groups is 3. The van der Waals surface area contributed by atoms with Gasteiger partial charge < -0.3 is 14.2 Å². The van der Waals surface area contributed by atoms with Crippen molar-refractivity contribution in [3.05, 3.63) is 122 Å². The second-order valence-electron chi connectivity index (χ2n) is 21.3. The molecule has 6 nitrogen and oxygen atoms in total. The first-order chi connectivity index (χ1) is 38.5. The summed E-state index contributed by atoms with van der Waals surface area (Å²) in [5, 5.41) is 0. The van der Waals surface area contributed by atoms with Crippen LogP contribution < -0.4 is 0 Å². The van der Waals surface area contributed by atoms with Crippen LogP contribution >= 0.6 is 0 Å². The molecule has 0 radical (unpaired) electrons. The summed E-state index contributed by atoms with van der Waals surface area (Å²) in [6.45, 7) is 6.39. The monoisotopic (exact) mass is 1080 g/mol. The van der Waals surface area contributed by atoms with Crippen molar-refractivity contribution in [2.24, 2.45) is 0 Å². The van der Waals surface area contributed by atoms with Gasteiger partial charge in [-0.2, -0.15) is 0 Å². The molecule has 0 aliphatic rings. The number of esters is 3. The van der Waals surface area contributed by atoms with Gasteiger partial charge in [-0.05, 0) is 109 Å². The Morgan fingerprint density at radius 3 is 0.782 bits per heavy atom. The Balaban J connectivity index is 4.20. The SMILES string of the molecule is CC/C=C\C/C=C\C/C=C\C/C=C\C/C=C\CCCCCCCCCCCCCC(=O)OCC(COC(=O)CCCCCCCCCC)OC(=O)CCCCCCCCCCC/C=C\C/C=C\C/C=C\C/C=C\C/C=C\CC. The van der Waals surface area contributed by atoms with Crippen LogP contribution in [0.1, 0.15) is 297 Å². The van der Waals surface area contributed by atoms with Crippen molar-refractivity contribution < 1.29 is 28.6 Å². The molecule has 0 rings (SSSR count). The van der Waals surface area contributed by atoms with Gasteiger partial charge >= 0.3 is 17.9 Å². The van der Waals surface area contributed by atoms with Crippen molar-refractivity contribution in [3.8, 4) is 0 Å². The molecule has 1 unspecified atom stereocenters. The Morgan fingerprint density at radius 1 is 0.269 bits per heavy atom. The van der Waals surface area contributed by atoms with Crippen molar-refractivity contribution >= 4 is 17.9 Å². The molecule has 0 N–H and O–H groups in total. The highest BCUT2D eigenvalue weighted by atomic mass is 16.6. The largest absolute Gasteiger partial charge is 0.462 e. The van der Waals surface area contributed by atoms with E-state index in [-0.39, 0.29) is 31.1 Å². The highest BCUT2D eigenvalue weighted by Gasteiger charge is 2.19. The van der Waals surface area contributed by atoms with Crippen molar-refractivity contribution in [2.45, 2.75) is 303 Å². The molecule has 6 heteroatoms. The maximum absolute atomic E-state index is 12.9. The zero-order valence-electron chi connectivity index (χ0n) is 50.9. The van der Waals surface area contributed by atoms with Crippen LogP contribution in [0.4, 0.5) is 0 Å². The normalized spacial score (nSPS) is 12.9. The van der Waals surface area contributed by atoms with Crippen molar-refractivity contribution in [2.75, 3.05) is 13.2 Å². The van der Waals surface area contributed by atoms with Crippen LogP contribution in [0.25, 0.3) is 0 Å². The predicted octanol–water partition coefficient (Wildman–Crippen LogP) is 22.4. The van der Waals surface area contributed by atoms with Gasteiger partial charge in [0.1, 0.15) is 13.2 Å². The summed E-state index contributed by atoms with van der Waals surface area (Å²) in [4.78, 5) is 38.2. The summed E-state index contributed by atoms with van der Waals surface area (Å²) in [6.07, 6.45) is 90.8. The lowest BCUT2D eigenvalue weighted by Gasteiger charge is -2.18. The van der Waals surface area contributed by atoms with Gasteiger partial charge in [-0.1, -0.05) is 290 Å². The van der Waals surface area contributed by atoms with Crippen LogP contribution in [0.15, 0.2) is 122 Å². The number of unbranched alkanes of at least 4 members (excludes halogenated alkanes) is 27. The van der Waals surface area contributed by atoms with Crippen LogP contribution in [-0.2, 0) is 28.6 Å². The van der Waals surface area contributed by atoms with E-state index >= 15 is 0 Å². The van der Waals surface area contributed by atoms with Crippen LogP contribution in [0, 0.1) is 0 Å². The minimum absolute atomic E-state index is 0.0811. The fraction of sp³-hybridized carbons (Fsp3) is 0.681. The first kappa shape index (κ1) is 73.8. The molecule has 0 aromatic rings. The van der Waals surface area contributed by atoms with Crippen LogP contribution in [0.2, 0.25) is 0 Å². The second-order valence-corrected chi connectivity index (χ2v) is 21.3. The lowest BCUT2D eigenvalue weighted by Crippen LogP contribution is -2.30. The molecule has 0 spiro atoms. The predicted molar refractivity (Wildman–Crippen MR) is 339 cm³/mol. The third-order valence-electron chi connectivity index (χ3n) is 13.7. The molecule has 0 fully saturated rings. The molecule has 0 saturated heterocycles. The topological polar surface area (TPSA) is 78.9 Å². The smallest absolute Gasteiger partial charge is 0.306 e. The zero-order valence-corrected chi connectivity index (χ0v) is 50.9. The maximum Gasteiger partial charge on any atom is 0.306 e. The Hall–Kier alpha value is -4.19. The van der Waals surface area contributed by atoms with E-state index in [0.29, 0.717) is 19.3 Å². The molecular formula is C72H120O6. The standard InChI is InChI=1S/C72H120O6/c1-4-7-10-13-16-19-21-23-25-27-29-31-33-35-36-38-39-41-43-45-47-49-51-53-56-59-62-65-71(74)77-68-69(67-76-70(73)64-61-58-55-18-15-12-9-6-3)78-72(75)66-63-60-57-54-52-50-48-46-44-42-40-37-34-32-30-28-26-24-22-20-17-14-11-8-5-2/h7-8,10-11,16-17,19-20,23-26,29-32,35-37,40,69H,4-6,9,12-15,18,21-22,27-28,33-34,38-39,41-68H2,1-3H3/b10-7-,11-8-,19-16-,20-17-,25-23-,26-24-,31-29-,32-30-,36-35-,40-37-. The van der Waals surface area contributed by atoms with Gasteiger partial charge in [0.15, 0.2) is 6.10 Å². The van der Waals surface area contributed by atoms with Gasteiger partial charge in [0.2, 0.25) is 0 Å². The van der Waals surface area contributed by atoms with Gasteiger partial charge in [0.05, 0.1) is 0 Å². The van der Waals surface area contributed by atoms with E-state index in [1.54, 1.807) is 0 Å². The molecular weight excluding hydrogens is 961 g/mol. The third-order valence-corrected chi connectivity index (χ3v) is 13.7. The average Bonchev–Trinajstić information content (AvgIpc) is 3.44. The maximum atomic E-state index is 12.9. The summed E-state index contributed by atoms with van der Waals surface area (Å²) < 4.78 is 16.9. The molecule has 444 valence electrons. The molecule has 0 aliphatic carbocycles. The van der Waals surface area contributed by atoms with Gasteiger partial charge in [-0.15, -0.1) is 0 Å². The van der Waals surface area contributed by atoms with Gasteiger partial charge in [-0.25, -0.2) is 0 Å². The highest BCUT2D eigenvalue weighted by molar-refractivity contribution is 5.71. The number of allylic oxidation sites excluding steroid dienone is 20. The van der Waals surface area contributed by atoms with Crippen LogP contribution in [0.3, 0.4) is 0 Å². The van der Waals surface area contributed by atoms with Gasteiger partial charge in [0.25, 0.3) is 0 Å². The van der Waals surface area contributed by atoms with E-state index in [1.807, 2.05) is 0 Å². The number of hydrogen-bond acceptors (Lipinski definition) is 6. The summed E-state index contributed by atoms with van der Waals surface area (Å²) in [6, 6.07) is 0. The molecule has 78 heavy (non-hydrogen) atoms. The zero-order chi connectivity index (χ0) is 56.4.